The highest BCUT2D eigenvalue weighted by Crippen LogP contribution is 2.07. The Kier molecular flexibility index (Phi) is 0.648. The first-order valence-corrected chi connectivity index (χ1v) is 2.83. The molecule has 0 fully saturated rings. The number of aliphatic hydroxyl groups is 1. The molecule has 0 aliphatic heterocycles. The highest BCUT2D eigenvalue weighted by Gasteiger charge is 1.87. The lowest BCUT2D eigenvalue weighted by molar-refractivity contribution is 0.300. The van der Waals surface area contributed by atoms with Gasteiger partial charge in [-0.3, -0.25) is 0 Å². The van der Waals surface area contributed by atoms with Crippen molar-refractivity contribution in [3.8, 4) is 0 Å². The van der Waals surface area contributed by atoms with E-state index in [2.05, 4.69) is 0 Å². The molecule has 2 heteroatoms. The molecular weight excluding hydrogens is 120 g/mol. The molecule has 44 valence electrons. The van der Waals surface area contributed by atoms with Crippen molar-refractivity contribution < 1.29 is 13.3 Å². The summed E-state index contributed by atoms with van der Waals surface area (Å²) in [6.45, 7) is -3.06. The molecule has 0 saturated heterocycles. The van der Waals surface area contributed by atoms with Gasteiger partial charge in [0.15, 0.2) is 0 Å². The largest absolute Gasteiger partial charge is 0.396 e. The van der Waals surface area contributed by atoms with Gasteiger partial charge in [0.2, 0.25) is 0 Å². The molecule has 0 radical (unpaired) electrons. The highest BCUT2D eigenvalue weighted by atomic mass is 32.1. The van der Waals surface area contributed by atoms with Gasteiger partial charge in [-0.15, -0.1) is 11.3 Å². The minimum absolute atomic E-state index is 0.168. The third kappa shape index (κ3) is 1.32. The molecule has 8 heavy (non-hydrogen) atoms. The van der Waals surface area contributed by atoms with Crippen LogP contribution in [0, 0.1) is 0 Å². The maximum atomic E-state index is 8.95. The van der Waals surface area contributed by atoms with Gasteiger partial charge >= 0.3 is 0 Å². The zero-order valence-electron chi connectivity index (χ0n) is 9.93. The first kappa shape index (κ1) is 1.82. The van der Waals surface area contributed by atoms with E-state index in [1.54, 1.807) is 0 Å². The van der Waals surface area contributed by atoms with Crippen LogP contribution in [-0.4, -0.2) is 11.7 Å². The van der Waals surface area contributed by atoms with Crippen LogP contribution in [0.2, 0.25) is 0 Å². The van der Waals surface area contributed by atoms with Crippen molar-refractivity contribution in [1.29, 1.82) is 0 Å². The fourth-order valence-corrected chi connectivity index (χ4v) is 0.782. The summed E-state index contributed by atoms with van der Waals surface area (Å²) in [5, 5.41) is 10.2. The molecule has 0 aromatic carbocycles. The van der Waals surface area contributed by atoms with E-state index in [0.717, 1.165) is 11.3 Å². The Hall–Kier alpha value is -0.340. The molecule has 0 unspecified atom stereocenters. The quantitative estimate of drug-likeness (QED) is 0.646. The standard InChI is InChI=1S/C6H8OS/c7-4-3-6-2-1-5-8-6/h1-2,5,7H,3-4H2/i1D,2D,3D2,4D2. The lowest BCUT2D eigenvalue weighted by Crippen LogP contribution is -1.84. The predicted molar refractivity (Wildman–Crippen MR) is 35.1 cm³/mol. The number of rotatable bonds is 2. The molecule has 0 saturated carbocycles. The van der Waals surface area contributed by atoms with Crippen LogP contribution in [-0.2, 0) is 6.37 Å². The number of aryl methyl sites for hydroxylation is 1. The van der Waals surface area contributed by atoms with Crippen molar-refractivity contribution in [3.05, 3.63) is 22.3 Å². The van der Waals surface area contributed by atoms with Gasteiger partial charge in [-0.2, -0.15) is 0 Å². The Morgan fingerprint density at radius 3 is 3.38 bits per heavy atom. The van der Waals surface area contributed by atoms with Gasteiger partial charge in [0.05, 0.1) is 5.48 Å². The number of thiophene rings is 1. The van der Waals surface area contributed by atoms with Gasteiger partial charge in [-0.1, -0.05) is 6.04 Å². The first-order chi connectivity index (χ1) is 6.18. The van der Waals surface area contributed by atoms with Crippen molar-refractivity contribution >= 4 is 11.3 Å². The van der Waals surface area contributed by atoms with Crippen LogP contribution in [0.15, 0.2) is 17.5 Å². The van der Waals surface area contributed by atoms with Gasteiger partial charge in [0.25, 0.3) is 0 Å². The average molecular weight is 134 g/mol. The van der Waals surface area contributed by atoms with E-state index in [4.69, 9.17) is 13.3 Å². The molecule has 1 aromatic rings. The Balaban J connectivity index is 3.23. The molecule has 0 aliphatic carbocycles. The zero-order valence-corrected chi connectivity index (χ0v) is 4.75. The second-order valence-electron chi connectivity index (χ2n) is 1.07. The summed E-state index contributed by atoms with van der Waals surface area (Å²) in [7, 11) is 0. The van der Waals surface area contributed by atoms with Gasteiger partial charge in [0, 0.05) is 20.6 Å². The smallest absolute Gasteiger partial charge is 0.0634 e. The lowest BCUT2D eigenvalue weighted by atomic mass is 10.4. The van der Waals surface area contributed by atoms with Crippen LogP contribution < -0.4 is 0 Å². The molecule has 1 aromatic heterocycles. The second-order valence-corrected chi connectivity index (χ2v) is 1.95. The number of hydrogen-bond acceptors (Lipinski definition) is 2. The monoisotopic (exact) mass is 134 g/mol. The van der Waals surface area contributed by atoms with E-state index in [1.165, 1.54) is 5.38 Å². The van der Waals surface area contributed by atoms with E-state index in [9.17, 15) is 0 Å². The second kappa shape index (κ2) is 2.84. The van der Waals surface area contributed by atoms with Crippen LogP contribution in [0.4, 0.5) is 0 Å². The highest BCUT2D eigenvalue weighted by molar-refractivity contribution is 7.09. The van der Waals surface area contributed by atoms with E-state index < -0.39 is 12.9 Å². The molecule has 0 bridgehead atoms. The van der Waals surface area contributed by atoms with E-state index in [0.29, 0.717) is 0 Å². The van der Waals surface area contributed by atoms with Crippen LogP contribution in [0.1, 0.15) is 13.1 Å². The van der Waals surface area contributed by atoms with Gasteiger partial charge in [-0.25, -0.2) is 0 Å². The average Bonchev–Trinajstić information content (AvgIpc) is 2.30. The van der Waals surface area contributed by atoms with E-state index in [1.807, 2.05) is 0 Å². The van der Waals surface area contributed by atoms with Gasteiger partial charge in [-0.05, 0) is 11.4 Å². The summed E-state index contributed by atoms with van der Waals surface area (Å²) in [6.07, 6.45) is -2.66. The minimum Gasteiger partial charge on any atom is -0.396 e. The predicted octanol–water partition coefficient (Wildman–Crippen LogP) is 1.28. The summed E-state index contributed by atoms with van der Waals surface area (Å²) < 4.78 is 42.9. The summed E-state index contributed by atoms with van der Waals surface area (Å²) in [5.74, 6) is 0. The molecule has 0 amide bonds. The maximum absolute atomic E-state index is 8.95. The first-order valence-electron chi connectivity index (χ1n) is 4.95. The normalized spacial score (nSPS) is 24.1. The SMILES string of the molecule is [2H]c1csc(C([2H])([2H])C([2H])([2H])O)c1[2H]. The topological polar surface area (TPSA) is 20.2 Å². The third-order valence-electron chi connectivity index (χ3n) is 0.591. The molecule has 0 spiro atoms. The minimum atomic E-state index is -3.06. The number of hydrogen-bond donors (Lipinski definition) is 1. The summed E-state index contributed by atoms with van der Waals surface area (Å²) >= 11 is 0.760. The zero-order chi connectivity index (χ0) is 11.1. The van der Waals surface area contributed by atoms with Crippen LogP contribution in [0.25, 0.3) is 0 Å². The Morgan fingerprint density at radius 1 is 2.00 bits per heavy atom. The van der Waals surface area contributed by atoms with Crippen LogP contribution in [0.3, 0.4) is 0 Å². The maximum Gasteiger partial charge on any atom is 0.0634 e. The van der Waals surface area contributed by atoms with Crippen molar-refractivity contribution in [2.75, 3.05) is 6.56 Å². The fourth-order valence-electron chi connectivity index (χ4n) is 0.324. The molecule has 0 atom stereocenters. The third-order valence-corrected chi connectivity index (χ3v) is 1.27. The molecule has 1 rings (SSSR count). The molecule has 1 N–H and O–H groups in total. The fraction of sp³-hybridized carbons (Fsp3) is 0.333. The van der Waals surface area contributed by atoms with Crippen molar-refractivity contribution in [2.24, 2.45) is 0 Å². The Labute approximate surface area is 61.0 Å². The Morgan fingerprint density at radius 2 is 2.88 bits per heavy atom. The van der Waals surface area contributed by atoms with Crippen molar-refractivity contribution in [3.63, 3.8) is 0 Å². The summed E-state index contributed by atoms with van der Waals surface area (Å²) in [6, 6.07) is -0.545. The van der Waals surface area contributed by atoms with Crippen LogP contribution >= 0.6 is 11.3 Å². The van der Waals surface area contributed by atoms with Gasteiger partial charge in [0.1, 0.15) is 0 Å². The summed E-state index contributed by atoms with van der Waals surface area (Å²) in [5.41, 5.74) is 0. The van der Waals surface area contributed by atoms with Gasteiger partial charge < -0.3 is 5.11 Å². The van der Waals surface area contributed by atoms with Crippen LogP contribution in [0.5, 0.6) is 0 Å². The van der Waals surface area contributed by atoms with E-state index >= 15 is 0 Å². The van der Waals surface area contributed by atoms with Crippen molar-refractivity contribution in [2.45, 2.75) is 6.37 Å². The van der Waals surface area contributed by atoms with E-state index in [-0.39, 0.29) is 17.0 Å². The lowest BCUT2D eigenvalue weighted by Gasteiger charge is -1.85. The molecular formula is C6H8OS. The molecule has 1 heterocycles. The molecule has 0 aliphatic rings. The van der Waals surface area contributed by atoms with Crippen molar-refractivity contribution in [1.82, 2.24) is 0 Å². The summed E-state index contributed by atoms with van der Waals surface area (Å²) in [4.78, 5) is -0.269. The Bertz CT molecular complexity index is 341. The molecule has 1 nitrogen and oxygen atoms in total.